The van der Waals surface area contributed by atoms with Crippen LogP contribution in [0.5, 0.6) is 0 Å². The van der Waals surface area contributed by atoms with Gasteiger partial charge in [-0.3, -0.25) is 9.69 Å². The summed E-state index contributed by atoms with van der Waals surface area (Å²) in [5, 5.41) is 4.07. The number of anilines is 1. The van der Waals surface area contributed by atoms with Gasteiger partial charge in [0.15, 0.2) is 5.69 Å². The van der Waals surface area contributed by atoms with Gasteiger partial charge in [0.25, 0.3) is 5.91 Å². The second-order valence-electron chi connectivity index (χ2n) is 8.00. The standard InChI is InChI=1S/C21H25FN4O2/c22-15-5-7-16(8-6-15)24-9-11-25(12-10-24)17-13-26(14-17)21(27)20-18-3-1-2-4-19(18)28-23-20/h5-8,17H,1-4,9-14H2. The van der Waals surface area contributed by atoms with E-state index in [1.807, 2.05) is 17.0 Å². The predicted molar refractivity (Wildman–Crippen MR) is 103 cm³/mol. The van der Waals surface area contributed by atoms with E-state index in [1.165, 1.54) is 12.1 Å². The number of benzene rings is 1. The molecule has 7 heteroatoms. The third kappa shape index (κ3) is 3.17. The maximum atomic E-state index is 13.1. The van der Waals surface area contributed by atoms with Gasteiger partial charge in [0.1, 0.15) is 11.6 Å². The molecule has 2 fully saturated rings. The average molecular weight is 384 g/mol. The fourth-order valence-corrected chi connectivity index (χ4v) is 4.55. The number of piperazine rings is 1. The fraction of sp³-hybridized carbons (Fsp3) is 0.524. The van der Waals surface area contributed by atoms with Crippen molar-refractivity contribution in [2.45, 2.75) is 31.7 Å². The minimum Gasteiger partial charge on any atom is -0.369 e. The molecule has 6 nitrogen and oxygen atoms in total. The van der Waals surface area contributed by atoms with Crippen molar-refractivity contribution >= 4 is 11.6 Å². The molecule has 5 rings (SSSR count). The van der Waals surface area contributed by atoms with E-state index in [9.17, 15) is 9.18 Å². The molecule has 3 heterocycles. The lowest BCUT2D eigenvalue weighted by atomic mass is 9.95. The molecule has 0 spiro atoms. The highest BCUT2D eigenvalue weighted by Crippen LogP contribution is 2.27. The molecule has 0 atom stereocenters. The monoisotopic (exact) mass is 384 g/mol. The van der Waals surface area contributed by atoms with Crippen LogP contribution in [-0.2, 0) is 12.8 Å². The van der Waals surface area contributed by atoms with Crippen molar-refractivity contribution in [1.29, 1.82) is 0 Å². The zero-order valence-electron chi connectivity index (χ0n) is 15.9. The Balaban J connectivity index is 1.14. The van der Waals surface area contributed by atoms with Crippen LogP contribution >= 0.6 is 0 Å². The maximum Gasteiger partial charge on any atom is 0.276 e. The molecule has 2 aromatic rings. The van der Waals surface area contributed by atoms with Gasteiger partial charge >= 0.3 is 0 Å². The molecule has 0 saturated carbocycles. The number of rotatable bonds is 3. The molecule has 0 bridgehead atoms. The van der Waals surface area contributed by atoms with E-state index in [0.717, 1.165) is 82.0 Å². The van der Waals surface area contributed by atoms with Gasteiger partial charge in [-0.25, -0.2) is 4.39 Å². The summed E-state index contributed by atoms with van der Waals surface area (Å²) in [6.45, 7) is 5.29. The largest absolute Gasteiger partial charge is 0.369 e. The number of likely N-dealkylation sites (tertiary alicyclic amines) is 1. The van der Waals surface area contributed by atoms with Crippen molar-refractivity contribution < 1.29 is 13.7 Å². The third-order valence-corrected chi connectivity index (χ3v) is 6.32. The summed E-state index contributed by atoms with van der Waals surface area (Å²) in [4.78, 5) is 19.4. The molecule has 3 aliphatic rings. The van der Waals surface area contributed by atoms with Crippen LogP contribution in [-0.4, -0.2) is 66.2 Å². The molecule has 1 amide bonds. The first-order valence-electron chi connectivity index (χ1n) is 10.2. The number of carbonyl (C=O) groups excluding carboxylic acids is 1. The molecule has 1 aliphatic carbocycles. The summed E-state index contributed by atoms with van der Waals surface area (Å²) in [5.74, 6) is 0.728. The molecule has 0 radical (unpaired) electrons. The topological polar surface area (TPSA) is 52.8 Å². The Hall–Kier alpha value is -2.41. The zero-order chi connectivity index (χ0) is 19.1. The Morgan fingerprint density at radius 3 is 2.50 bits per heavy atom. The predicted octanol–water partition coefficient (Wildman–Crippen LogP) is 2.34. The van der Waals surface area contributed by atoms with Gasteiger partial charge in [-0.05, 0) is 43.5 Å². The molecule has 1 aromatic heterocycles. The first-order chi connectivity index (χ1) is 13.7. The number of amides is 1. The molecule has 28 heavy (non-hydrogen) atoms. The highest BCUT2D eigenvalue weighted by molar-refractivity contribution is 5.94. The normalized spacial score (nSPS) is 20.8. The number of hydrogen-bond donors (Lipinski definition) is 0. The van der Waals surface area contributed by atoms with Crippen LogP contribution in [0.15, 0.2) is 28.8 Å². The number of aromatic nitrogens is 1. The van der Waals surface area contributed by atoms with Crippen molar-refractivity contribution in [2.75, 3.05) is 44.2 Å². The molecular formula is C21H25FN4O2. The second-order valence-corrected chi connectivity index (χ2v) is 8.00. The smallest absolute Gasteiger partial charge is 0.276 e. The van der Waals surface area contributed by atoms with E-state index < -0.39 is 0 Å². The van der Waals surface area contributed by atoms with Crippen LogP contribution in [0.4, 0.5) is 10.1 Å². The van der Waals surface area contributed by atoms with Gasteiger partial charge in [0, 0.05) is 63.0 Å². The molecular weight excluding hydrogens is 359 g/mol. The van der Waals surface area contributed by atoms with E-state index in [0.29, 0.717) is 11.7 Å². The third-order valence-electron chi connectivity index (χ3n) is 6.32. The van der Waals surface area contributed by atoms with Crippen molar-refractivity contribution in [3.05, 3.63) is 47.1 Å². The molecule has 2 aliphatic heterocycles. The Kier molecular flexibility index (Phi) is 4.55. The summed E-state index contributed by atoms with van der Waals surface area (Å²) < 4.78 is 18.5. The van der Waals surface area contributed by atoms with Gasteiger partial charge in [-0.15, -0.1) is 0 Å². The van der Waals surface area contributed by atoms with Crippen LogP contribution < -0.4 is 4.90 Å². The Morgan fingerprint density at radius 2 is 1.75 bits per heavy atom. The van der Waals surface area contributed by atoms with Crippen molar-refractivity contribution in [2.24, 2.45) is 0 Å². The minimum atomic E-state index is -0.199. The van der Waals surface area contributed by atoms with Crippen LogP contribution in [0.3, 0.4) is 0 Å². The number of nitrogens with zero attached hydrogens (tertiary/aromatic N) is 4. The zero-order valence-corrected chi connectivity index (χ0v) is 15.9. The molecule has 148 valence electrons. The van der Waals surface area contributed by atoms with Crippen molar-refractivity contribution in [1.82, 2.24) is 15.0 Å². The maximum absolute atomic E-state index is 13.1. The number of carbonyl (C=O) groups is 1. The highest BCUT2D eigenvalue weighted by atomic mass is 19.1. The van der Waals surface area contributed by atoms with Crippen molar-refractivity contribution in [3.8, 4) is 0 Å². The van der Waals surface area contributed by atoms with E-state index in [-0.39, 0.29) is 11.7 Å². The quantitative estimate of drug-likeness (QED) is 0.813. The lowest BCUT2D eigenvalue weighted by Gasteiger charge is -2.48. The molecule has 2 saturated heterocycles. The number of halogens is 1. The minimum absolute atomic E-state index is 0.0214. The van der Waals surface area contributed by atoms with Gasteiger partial charge < -0.3 is 14.3 Å². The Bertz CT molecular complexity index is 852. The summed E-state index contributed by atoms with van der Waals surface area (Å²) in [6, 6.07) is 7.13. The van der Waals surface area contributed by atoms with Gasteiger partial charge in [0.05, 0.1) is 0 Å². The van der Waals surface area contributed by atoms with Crippen LogP contribution in [0.2, 0.25) is 0 Å². The number of aryl methyl sites for hydroxylation is 1. The fourth-order valence-electron chi connectivity index (χ4n) is 4.55. The Morgan fingerprint density at radius 1 is 1.04 bits per heavy atom. The van der Waals surface area contributed by atoms with E-state index in [2.05, 4.69) is 15.0 Å². The number of fused-ring (bicyclic) bond motifs is 1. The SMILES string of the molecule is O=C(c1noc2c1CCCC2)N1CC(N2CCN(c3ccc(F)cc3)CC2)C1. The molecule has 0 N–H and O–H groups in total. The van der Waals surface area contributed by atoms with Crippen LogP contribution in [0, 0.1) is 5.82 Å². The molecule has 0 unspecified atom stereocenters. The summed E-state index contributed by atoms with van der Waals surface area (Å²) >= 11 is 0. The van der Waals surface area contributed by atoms with Crippen LogP contribution in [0.1, 0.15) is 34.7 Å². The lowest BCUT2D eigenvalue weighted by molar-refractivity contribution is 0.0238. The Labute approximate surface area is 163 Å². The second kappa shape index (κ2) is 7.20. The van der Waals surface area contributed by atoms with E-state index in [4.69, 9.17) is 4.52 Å². The summed E-state index contributed by atoms with van der Waals surface area (Å²) in [7, 11) is 0. The van der Waals surface area contributed by atoms with Gasteiger partial charge in [-0.2, -0.15) is 0 Å². The van der Waals surface area contributed by atoms with E-state index >= 15 is 0 Å². The lowest BCUT2D eigenvalue weighted by Crippen LogP contribution is -2.64. The first kappa shape index (κ1) is 17.7. The summed E-state index contributed by atoms with van der Waals surface area (Å²) in [6.07, 6.45) is 4.03. The highest BCUT2D eigenvalue weighted by Gasteiger charge is 2.38. The van der Waals surface area contributed by atoms with Gasteiger partial charge in [0.2, 0.25) is 0 Å². The van der Waals surface area contributed by atoms with Gasteiger partial charge in [-0.1, -0.05) is 5.16 Å². The van der Waals surface area contributed by atoms with E-state index in [1.54, 1.807) is 0 Å². The molecule has 1 aromatic carbocycles. The number of hydrogen-bond acceptors (Lipinski definition) is 5. The average Bonchev–Trinajstić information content (AvgIpc) is 3.12. The first-order valence-corrected chi connectivity index (χ1v) is 10.2. The van der Waals surface area contributed by atoms with Crippen LogP contribution in [0.25, 0.3) is 0 Å². The summed E-state index contributed by atoms with van der Waals surface area (Å²) in [5.41, 5.74) is 2.64. The van der Waals surface area contributed by atoms with Crippen molar-refractivity contribution in [3.63, 3.8) is 0 Å².